The summed E-state index contributed by atoms with van der Waals surface area (Å²) in [5.74, 6) is 0.208. The Morgan fingerprint density at radius 1 is 1.13 bits per heavy atom. The van der Waals surface area contributed by atoms with Gasteiger partial charge in [-0.3, -0.25) is 4.79 Å². The third-order valence-corrected chi connectivity index (χ3v) is 3.52. The highest BCUT2D eigenvalue weighted by molar-refractivity contribution is 5.69. The van der Waals surface area contributed by atoms with Crippen molar-refractivity contribution in [1.29, 1.82) is 0 Å². The summed E-state index contributed by atoms with van der Waals surface area (Å²) in [4.78, 5) is 11.4. The van der Waals surface area contributed by atoms with Gasteiger partial charge < -0.3 is 9.84 Å². The number of esters is 1. The van der Waals surface area contributed by atoms with Gasteiger partial charge in [-0.15, -0.1) is 6.58 Å². The van der Waals surface area contributed by atoms with Crippen LogP contribution in [0.4, 0.5) is 0 Å². The van der Waals surface area contributed by atoms with Crippen LogP contribution in [0, 0.1) is 5.92 Å². The van der Waals surface area contributed by atoms with E-state index in [1.807, 2.05) is 6.08 Å². The van der Waals surface area contributed by atoms with Crippen LogP contribution in [0.15, 0.2) is 37.0 Å². The summed E-state index contributed by atoms with van der Waals surface area (Å²) in [5, 5.41) is 8.65. The molecular weight excluding hydrogens is 288 g/mol. The lowest BCUT2D eigenvalue weighted by Crippen LogP contribution is -2.05. The fourth-order valence-corrected chi connectivity index (χ4v) is 2.16. The predicted octanol–water partition coefficient (Wildman–Crippen LogP) is 4.97. The van der Waals surface area contributed by atoms with Gasteiger partial charge in [0.1, 0.15) is 0 Å². The maximum atomic E-state index is 11.4. The zero-order chi connectivity index (χ0) is 17.2. The van der Waals surface area contributed by atoms with E-state index in [0.717, 1.165) is 19.3 Å². The summed E-state index contributed by atoms with van der Waals surface area (Å²) in [6.45, 7) is 6.58. The van der Waals surface area contributed by atoms with E-state index in [9.17, 15) is 4.79 Å². The molecule has 23 heavy (non-hydrogen) atoms. The Balaban J connectivity index is 3.88. The molecule has 1 N–H and O–H groups in total. The number of unbranched alkanes of at least 4 members (excludes halogenated alkanes) is 4. The largest absolute Gasteiger partial charge is 0.465 e. The highest BCUT2D eigenvalue weighted by atomic mass is 16.5. The first-order valence-electron chi connectivity index (χ1n) is 8.95. The second kappa shape index (κ2) is 17.0. The summed E-state index contributed by atoms with van der Waals surface area (Å²) >= 11 is 0. The Kier molecular flexibility index (Phi) is 16.0. The number of aliphatic hydroxyl groups is 1. The smallest absolute Gasteiger partial charge is 0.305 e. The van der Waals surface area contributed by atoms with Gasteiger partial charge in [0.25, 0.3) is 0 Å². The average molecular weight is 322 g/mol. The molecule has 0 aromatic carbocycles. The number of hydrogen-bond acceptors (Lipinski definition) is 3. The Labute approximate surface area is 142 Å². The lowest BCUT2D eigenvalue weighted by Gasteiger charge is -2.05. The Bertz CT molecular complexity index is 345. The molecule has 0 radical (unpaired) electrons. The summed E-state index contributed by atoms with van der Waals surface area (Å²) in [6.07, 6.45) is 19.0. The first kappa shape index (κ1) is 21.6. The normalized spacial score (nSPS) is 12.8. The Morgan fingerprint density at radius 3 is 2.52 bits per heavy atom. The molecule has 0 aromatic heterocycles. The maximum Gasteiger partial charge on any atom is 0.305 e. The average Bonchev–Trinajstić information content (AvgIpc) is 2.54. The fraction of sp³-hybridized carbons (Fsp3) is 0.650. The number of carbonyl (C=O) groups is 1. The van der Waals surface area contributed by atoms with Crippen molar-refractivity contribution in [3.05, 3.63) is 37.0 Å². The lowest BCUT2D eigenvalue weighted by molar-refractivity contribution is -0.143. The van der Waals surface area contributed by atoms with Crippen LogP contribution in [-0.4, -0.2) is 24.3 Å². The summed E-state index contributed by atoms with van der Waals surface area (Å²) in [7, 11) is 0. The van der Waals surface area contributed by atoms with Crippen molar-refractivity contribution in [3.63, 3.8) is 0 Å². The van der Waals surface area contributed by atoms with Crippen LogP contribution in [0.3, 0.4) is 0 Å². The molecule has 0 unspecified atom stereocenters. The first-order valence-corrected chi connectivity index (χ1v) is 8.95. The number of aliphatic hydroxyl groups excluding tert-OH is 1. The number of allylic oxidation sites excluding steroid dienone is 4. The minimum atomic E-state index is -0.176. The molecule has 0 heterocycles. The summed E-state index contributed by atoms with van der Waals surface area (Å²) in [5.41, 5.74) is 0. The SMILES string of the molecule is C=CC[C@H](/C=C\CCCCC)/C=C\CCOC(=O)CCCCO. The minimum absolute atomic E-state index is 0.132. The lowest BCUT2D eigenvalue weighted by atomic mass is 10.0. The molecule has 3 heteroatoms. The van der Waals surface area contributed by atoms with Crippen LogP contribution in [-0.2, 0) is 9.53 Å². The molecule has 0 aromatic rings. The van der Waals surface area contributed by atoms with Gasteiger partial charge in [0, 0.05) is 13.0 Å². The third kappa shape index (κ3) is 15.3. The van der Waals surface area contributed by atoms with Gasteiger partial charge in [0.15, 0.2) is 0 Å². The monoisotopic (exact) mass is 322 g/mol. The van der Waals surface area contributed by atoms with E-state index in [2.05, 4.69) is 37.8 Å². The molecule has 0 fully saturated rings. The highest BCUT2D eigenvalue weighted by Crippen LogP contribution is 2.10. The van der Waals surface area contributed by atoms with Crippen molar-refractivity contribution in [2.45, 2.75) is 64.7 Å². The zero-order valence-electron chi connectivity index (χ0n) is 14.7. The van der Waals surface area contributed by atoms with E-state index in [1.54, 1.807) is 0 Å². The Hall–Kier alpha value is -1.35. The molecule has 0 rings (SSSR count). The summed E-state index contributed by atoms with van der Waals surface area (Å²) in [6, 6.07) is 0. The number of rotatable bonds is 15. The van der Waals surface area contributed by atoms with E-state index in [1.165, 1.54) is 19.3 Å². The predicted molar refractivity (Wildman–Crippen MR) is 97.2 cm³/mol. The standard InChI is InChI=1S/C20H34O3/c1-3-5-6-7-8-14-19(13-4-2)15-10-12-18-23-20(22)16-9-11-17-21/h4,8,10,14-15,19,21H,2-3,5-7,9,11-13,16-18H2,1H3/b14-8-,15-10-/t19-/m1/s1. The van der Waals surface area contributed by atoms with E-state index in [4.69, 9.17) is 9.84 Å². The molecule has 132 valence electrons. The number of hydrogen-bond donors (Lipinski definition) is 1. The molecule has 0 saturated carbocycles. The van der Waals surface area contributed by atoms with Gasteiger partial charge in [-0.05, 0) is 44.4 Å². The van der Waals surface area contributed by atoms with E-state index < -0.39 is 0 Å². The summed E-state index contributed by atoms with van der Waals surface area (Å²) < 4.78 is 5.15. The van der Waals surface area contributed by atoms with E-state index in [0.29, 0.717) is 31.8 Å². The van der Waals surface area contributed by atoms with Crippen molar-refractivity contribution in [3.8, 4) is 0 Å². The van der Waals surface area contributed by atoms with Crippen molar-refractivity contribution in [2.24, 2.45) is 5.92 Å². The Morgan fingerprint density at radius 2 is 1.87 bits per heavy atom. The number of ether oxygens (including phenoxy) is 1. The van der Waals surface area contributed by atoms with Gasteiger partial charge in [0.05, 0.1) is 6.61 Å². The molecule has 0 aliphatic carbocycles. The van der Waals surface area contributed by atoms with Crippen LogP contribution in [0.1, 0.15) is 64.7 Å². The quantitative estimate of drug-likeness (QED) is 0.263. The van der Waals surface area contributed by atoms with E-state index >= 15 is 0 Å². The zero-order valence-corrected chi connectivity index (χ0v) is 14.7. The van der Waals surface area contributed by atoms with Crippen molar-refractivity contribution >= 4 is 5.97 Å². The fourth-order valence-electron chi connectivity index (χ4n) is 2.16. The van der Waals surface area contributed by atoms with Crippen molar-refractivity contribution in [2.75, 3.05) is 13.2 Å². The second-order valence-electron chi connectivity index (χ2n) is 5.73. The molecule has 0 saturated heterocycles. The van der Waals surface area contributed by atoms with Crippen LogP contribution >= 0.6 is 0 Å². The molecule has 1 atom stereocenters. The molecule has 0 aliphatic rings. The van der Waals surface area contributed by atoms with Gasteiger partial charge in [-0.1, -0.05) is 50.1 Å². The van der Waals surface area contributed by atoms with Crippen LogP contribution < -0.4 is 0 Å². The van der Waals surface area contributed by atoms with Crippen molar-refractivity contribution < 1.29 is 14.6 Å². The highest BCUT2D eigenvalue weighted by Gasteiger charge is 2.01. The topological polar surface area (TPSA) is 46.5 Å². The van der Waals surface area contributed by atoms with Gasteiger partial charge in [-0.2, -0.15) is 0 Å². The van der Waals surface area contributed by atoms with Crippen LogP contribution in [0.25, 0.3) is 0 Å². The van der Waals surface area contributed by atoms with Crippen LogP contribution in [0.5, 0.6) is 0 Å². The first-order chi connectivity index (χ1) is 11.2. The number of carbonyl (C=O) groups excluding carboxylic acids is 1. The maximum absolute atomic E-state index is 11.4. The molecular formula is C20H34O3. The second-order valence-corrected chi connectivity index (χ2v) is 5.73. The molecule has 3 nitrogen and oxygen atoms in total. The van der Waals surface area contributed by atoms with Gasteiger partial charge in [-0.25, -0.2) is 0 Å². The van der Waals surface area contributed by atoms with Gasteiger partial charge in [0.2, 0.25) is 0 Å². The molecule has 0 bridgehead atoms. The van der Waals surface area contributed by atoms with E-state index in [-0.39, 0.29) is 12.6 Å². The minimum Gasteiger partial charge on any atom is -0.465 e. The molecule has 0 spiro atoms. The molecule has 0 aliphatic heterocycles. The molecule has 0 amide bonds. The van der Waals surface area contributed by atoms with Gasteiger partial charge >= 0.3 is 5.97 Å². The van der Waals surface area contributed by atoms with Crippen LogP contribution in [0.2, 0.25) is 0 Å². The van der Waals surface area contributed by atoms with Crippen molar-refractivity contribution in [1.82, 2.24) is 0 Å². The third-order valence-electron chi connectivity index (χ3n) is 3.52.